The molecule has 0 bridgehead atoms. The molecule has 2 aromatic carbocycles. The second-order valence-electron chi connectivity index (χ2n) is 7.28. The fraction of sp³-hybridized carbons (Fsp3) is 0.304. The van der Waals surface area contributed by atoms with E-state index in [-0.39, 0.29) is 23.5 Å². The van der Waals surface area contributed by atoms with Crippen molar-refractivity contribution >= 4 is 23.5 Å². The van der Waals surface area contributed by atoms with Gasteiger partial charge in [0.25, 0.3) is 0 Å². The van der Waals surface area contributed by atoms with Crippen LogP contribution in [-0.4, -0.2) is 25.1 Å². The Hall–Kier alpha value is -2.53. The van der Waals surface area contributed by atoms with Crippen molar-refractivity contribution in [2.75, 3.05) is 13.4 Å². The van der Waals surface area contributed by atoms with Gasteiger partial charge >= 0.3 is 0 Å². The van der Waals surface area contributed by atoms with Crippen molar-refractivity contribution in [3.8, 4) is 5.75 Å². The number of thioether (sulfide) groups is 1. The standard InChI is InChI=1S/C23H23NO3S/c1-27-17-5-3-4-15(10-17)16-11-20-23(21(25)12-16)19(13-22(26)24-20)14-6-8-18(28-2)9-7-14/h3-10,16,19H,11-13H2,1-2H3,(H,24,26). The van der Waals surface area contributed by atoms with Gasteiger partial charge in [0.2, 0.25) is 5.91 Å². The van der Waals surface area contributed by atoms with Crippen LogP contribution in [-0.2, 0) is 9.59 Å². The lowest BCUT2D eigenvalue weighted by molar-refractivity contribution is -0.122. The van der Waals surface area contributed by atoms with Gasteiger partial charge in [-0.05, 0) is 54.0 Å². The van der Waals surface area contributed by atoms with E-state index < -0.39 is 0 Å². The Kier molecular flexibility index (Phi) is 5.27. The molecule has 0 saturated carbocycles. The summed E-state index contributed by atoms with van der Waals surface area (Å²) in [4.78, 5) is 26.7. The average molecular weight is 394 g/mol. The number of hydrogen-bond acceptors (Lipinski definition) is 4. The van der Waals surface area contributed by atoms with E-state index in [9.17, 15) is 9.59 Å². The highest BCUT2D eigenvalue weighted by Crippen LogP contribution is 2.43. The van der Waals surface area contributed by atoms with Crippen LogP contribution >= 0.6 is 11.8 Å². The van der Waals surface area contributed by atoms with E-state index in [4.69, 9.17) is 4.74 Å². The van der Waals surface area contributed by atoms with E-state index in [2.05, 4.69) is 17.4 Å². The summed E-state index contributed by atoms with van der Waals surface area (Å²) >= 11 is 1.68. The van der Waals surface area contributed by atoms with E-state index in [1.54, 1.807) is 18.9 Å². The zero-order valence-corrected chi connectivity index (χ0v) is 16.8. The number of amides is 1. The first-order valence-electron chi connectivity index (χ1n) is 9.43. The summed E-state index contributed by atoms with van der Waals surface area (Å²) in [6.45, 7) is 0. The SMILES string of the molecule is COc1cccc(C2CC(=O)C3=C(C2)NC(=O)CC3c2ccc(SC)cc2)c1. The van der Waals surface area contributed by atoms with E-state index in [0.29, 0.717) is 19.3 Å². The average Bonchev–Trinajstić information content (AvgIpc) is 2.73. The number of rotatable bonds is 4. The Morgan fingerprint density at radius 3 is 2.50 bits per heavy atom. The Balaban J connectivity index is 1.68. The summed E-state index contributed by atoms with van der Waals surface area (Å²) < 4.78 is 5.32. The van der Waals surface area contributed by atoms with Crippen LogP contribution in [0.15, 0.2) is 64.7 Å². The number of carbonyl (C=O) groups is 2. The van der Waals surface area contributed by atoms with Crippen LogP contribution in [0.1, 0.15) is 42.2 Å². The molecule has 4 rings (SSSR count). The van der Waals surface area contributed by atoms with Crippen molar-refractivity contribution in [3.05, 3.63) is 70.9 Å². The van der Waals surface area contributed by atoms with Gasteiger partial charge in [0.1, 0.15) is 5.75 Å². The molecular weight excluding hydrogens is 370 g/mol. The topological polar surface area (TPSA) is 55.4 Å². The third-order valence-corrected chi connectivity index (χ3v) is 6.36. The number of ether oxygens (including phenoxy) is 1. The summed E-state index contributed by atoms with van der Waals surface area (Å²) in [6.07, 6.45) is 3.49. The van der Waals surface area contributed by atoms with Gasteiger partial charge in [-0.1, -0.05) is 24.3 Å². The zero-order valence-electron chi connectivity index (χ0n) is 16.0. The van der Waals surface area contributed by atoms with E-state index in [1.807, 2.05) is 42.7 Å². The fourth-order valence-electron chi connectivity index (χ4n) is 4.21. The molecule has 2 unspecified atom stereocenters. The first-order chi connectivity index (χ1) is 13.6. The van der Waals surface area contributed by atoms with Gasteiger partial charge in [-0.25, -0.2) is 0 Å². The third kappa shape index (κ3) is 3.59. The lowest BCUT2D eigenvalue weighted by Gasteiger charge is -2.34. The molecule has 1 amide bonds. The highest BCUT2D eigenvalue weighted by Gasteiger charge is 2.38. The fourth-order valence-corrected chi connectivity index (χ4v) is 4.62. The van der Waals surface area contributed by atoms with E-state index in [0.717, 1.165) is 28.1 Å². The number of carbonyl (C=O) groups excluding carboxylic acids is 2. The monoisotopic (exact) mass is 393 g/mol. The van der Waals surface area contributed by atoms with Gasteiger partial charge in [-0.2, -0.15) is 0 Å². The lowest BCUT2D eigenvalue weighted by atomic mass is 9.73. The zero-order chi connectivity index (χ0) is 19.7. The molecule has 0 aromatic heterocycles. The molecule has 1 aliphatic heterocycles. The maximum absolute atomic E-state index is 13.1. The largest absolute Gasteiger partial charge is 0.497 e. The predicted molar refractivity (Wildman–Crippen MR) is 111 cm³/mol. The summed E-state index contributed by atoms with van der Waals surface area (Å²) in [5, 5.41) is 2.98. The van der Waals surface area contributed by atoms with Gasteiger partial charge in [-0.15, -0.1) is 11.8 Å². The molecule has 1 aliphatic carbocycles. The van der Waals surface area contributed by atoms with Crippen molar-refractivity contribution in [2.45, 2.75) is 36.0 Å². The Morgan fingerprint density at radius 2 is 1.79 bits per heavy atom. The highest BCUT2D eigenvalue weighted by molar-refractivity contribution is 7.98. The highest BCUT2D eigenvalue weighted by atomic mass is 32.2. The number of Topliss-reactive ketones (excluding diaryl/α,β-unsaturated/α-hetero) is 1. The maximum Gasteiger partial charge on any atom is 0.225 e. The minimum Gasteiger partial charge on any atom is -0.497 e. The minimum absolute atomic E-state index is 0.0169. The number of nitrogens with one attached hydrogen (secondary N) is 1. The number of methoxy groups -OCH3 is 1. The number of ketones is 1. The molecule has 1 heterocycles. The van der Waals surface area contributed by atoms with Gasteiger partial charge in [-0.3, -0.25) is 9.59 Å². The molecule has 0 spiro atoms. The molecule has 144 valence electrons. The van der Waals surface area contributed by atoms with Crippen LogP contribution in [0.3, 0.4) is 0 Å². The van der Waals surface area contributed by atoms with E-state index in [1.165, 1.54) is 4.90 Å². The quantitative estimate of drug-likeness (QED) is 0.781. The van der Waals surface area contributed by atoms with Crippen molar-refractivity contribution in [1.82, 2.24) is 5.32 Å². The van der Waals surface area contributed by atoms with Crippen LogP contribution in [0.25, 0.3) is 0 Å². The molecule has 2 aromatic rings. The number of allylic oxidation sites excluding steroid dienone is 2. The van der Waals surface area contributed by atoms with E-state index >= 15 is 0 Å². The molecule has 2 aliphatic rings. The molecular formula is C23H23NO3S. The molecule has 0 radical (unpaired) electrons. The second kappa shape index (κ2) is 7.84. The molecule has 4 nitrogen and oxygen atoms in total. The summed E-state index contributed by atoms with van der Waals surface area (Å²) in [5.74, 6) is 0.798. The Morgan fingerprint density at radius 1 is 1.00 bits per heavy atom. The molecule has 0 saturated heterocycles. The van der Waals surface area contributed by atoms with Crippen molar-refractivity contribution in [2.24, 2.45) is 0 Å². The smallest absolute Gasteiger partial charge is 0.225 e. The summed E-state index contributed by atoms with van der Waals surface area (Å²) in [5.41, 5.74) is 3.68. The Labute approximate surface area is 169 Å². The molecule has 28 heavy (non-hydrogen) atoms. The first kappa shape index (κ1) is 18.8. The van der Waals surface area contributed by atoms with Gasteiger partial charge in [0.05, 0.1) is 7.11 Å². The number of benzene rings is 2. The van der Waals surface area contributed by atoms with Gasteiger partial charge in [0, 0.05) is 34.9 Å². The van der Waals surface area contributed by atoms with Crippen molar-refractivity contribution < 1.29 is 14.3 Å². The maximum atomic E-state index is 13.1. The van der Waals surface area contributed by atoms with Gasteiger partial charge < -0.3 is 10.1 Å². The number of hydrogen-bond donors (Lipinski definition) is 1. The van der Waals surface area contributed by atoms with Crippen LogP contribution in [0.5, 0.6) is 5.75 Å². The van der Waals surface area contributed by atoms with Crippen LogP contribution in [0, 0.1) is 0 Å². The summed E-state index contributed by atoms with van der Waals surface area (Å²) in [6, 6.07) is 16.0. The second-order valence-corrected chi connectivity index (χ2v) is 8.15. The minimum atomic E-state index is -0.154. The Bertz CT molecular complexity index is 949. The van der Waals surface area contributed by atoms with Crippen LogP contribution in [0.2, 0.25) is 0 Å². The van der Waals surface area contributed by atoms with Crippen molar-refractivity contribution in [1.29, 1.82) is 0 Å². The third-order valence-electron chi connectivity index (χ3n) is 5.62. The molecule has 2 atom stereocenters. The van der Waals surface area contributed by atoms with Crippen molar-refractivity contribution in [3.63, 3.8) is 0 Å². The summed E-state index contributed by atoms with van der Waals surface area (Å²) in [7, 11) is 1.64. The van der Waals surface area contributed by atoms with Crippen LogP contribution in [0.4, 0.5) is 0 Å². The first-order valence-corrected chi connectivity index (χ1v) is 10.7. The molecule has 5 heteroatoms. The normalized spacial score (nSPS) is 21.9. The molecule has 1 N–H and O–H groups in total. The molecule has 0 fully saturated rings. The lowest BCUT2D eigenvalue weighted by Crippen LogP contribution is -2.38. The van der Waals surface area contributed by atoms with Crippen LogP contribution < -0.4 is 10.1 Å². The predicted octanol–water partition coefficient (Wildman–Crippen LogP) is 4.42. The van der Waals surface area contributed by atoms with Gasteiger partial charge in [0.15, 0.2) is 5.78 Å².